The zero-order valence-corrected chi connectivity index (χ0v) is 11.3. The van der Waals surface area contributed by atoms with Gasteiger partial charge in [-0.25, -0.2) is 4.79 Å². The number of aryl methyl sites for hydroxylation is 1. The highest BCUT2D eigenvalue weighted by atomic mass is 32.2. The third-order valence-electron chi connectivity index (χ3n) is 2.86. The second kappa shape index (κ2) is 6.11. The lowest BCUT2D eigenvalue weighted by Gasteiger charge is -2.09. The highest BCUT2D eigenvalue weighted by molar-refractivity contribution is 7.99. The SMILES string of the molecule is CC(CCN)SCCn1c(=O)oc2ccccc21. The summed E-state index contributed by atoms with van der Waals surface area (Å²) in [6.45, 7) is 3.55. The number of para-hydroxylation sites is 2. The monoisotopic (exact) mass is 266 g/mol. The molecule has 0 saturated heterocycles. The van der Waals surface area contributed by atoms with Crippen molar-refractivity contribution in [2.45, 2.75) is 25.1 Å². The van der Waals surface area contributed by atoms with Gasteiger partial charge in [0.15, 0.2) is 5.58 Å². The molecule has 18 heavy (non-hydrogen) atoms. The molecule has 2 rings (SSSR count). The highest BCUT2D eigenvalue weighted by Gasteiger charge is 2.08. The van der Waals surface area contributed by atoms with Crippen molar-refractivity contribution in [1.82, 2.24) is 4.57 Å². The molecule has 0 aliphatic heterocycles. The Morgan fingerprint density at radius 3 is 3.00 bits per heavy atom. The van der Waals surface area contributed by atoms with Crippen molar-refractivity contribution >= 4 is 22.9 Å². The number of fused-ring (bicyclic) bond motifs is 1. The van der Waals surface area contributed by atoms with E-state index in [1.54, 1.807) is 4.57 Å². The molecule has 1 unspecified atom stereocenters. The third-order valence-corrected chi connectivity index (χ3v) is 4.09. The molecule has 2 aromatic rings. The molecule has 0 amide bonds. The number of aromatic nitrogens is 1. The first-order chi connectivity index (χ1) is 8.72. The van der Waals surface area contributed by atoms with E-state index in [4.69, 9.17) is 10.2 Å². The van der Waals surface area contributed by atoms with E-state index in [-0.39, 0.29) is 5.76 Å². The lowest BCUT2D eigenvalue weighted by atomic mass is 10.3. The first kappa shape index (κ1) is 13.2. The first-order valence-electron chi connectivity index (χ1n) is 6.12. The van der Waals surface area contributed by atoms with Crippen LogP contribution >= 0.6 is 11.8 Å². The summed E-state index contributed by atoms with van der Waals surface area (Å²) in [5.74, 6) is 0.619. The summed E-state index contributed by atoms with van der Waals surface area (Å²) in [6.07, 6.45) is 1.01. The Labute approximate surface area is 110 Å². The molecule has 1 heterocycles. The van der Waals surface area contributed by atoms with Crippen LogP contribution in [0.4, 0.5) is 0 Å². The number of benzene rings is 1. The van der Waals surface area contributed by atoms with Crippen LogP contribution in [0.1, 0.15) is 13.3 Å². The van der Waals surface area contributed by atoms with E-state index < -0.39 is 0 Å². The van der Waals surface area contributed by atoms with Crippen LogP contribution in [0.15, 0.2) is 33.5 Å². The lowest BCUT2D eigenvalue weighted by molar-refractivity contribution is 0.514. The standard InChI is InChI=1S/C13H18N2O2S/c1-10(6-7-14)18-9-8-15-11-4-2-3-5-12(11)17-13(15)16/h2-5,10H,6-9,14H2,1H3. The molecule has 4 nitrogen and oxygen atoms in total. The maximum absolute atomic E-state index is 11.7. The lowest BCUT2D eigenvalue weighted by Crippen LogP contribution is -2.16. The predicted molar refractivity (Wildman–Crippen MR) is 76.1 cm³/mol. The molecular weight excluding hydrogens is 248 g/mol. The van der Waals surface area contributed by atoms with Gasteiger partial charge in [-0.2, -0.15) is 11.8 Å². The second-order valence-electron chi connectivity index (χ2n) is 4.25. The number of oxazole rings is 1. The molecule has 0 radical (unpaired) electrons. The number of thioether (sulfide) groups is 1. The summed E-state index contributed by atoms with van der Waals surface area (Å²) >= 11 is 1.84. The summed E-state index contributed by atoms with van der Waals surface area (Å²) in [5, 5.41) is 0.531. The van der Waals surface area contributed by atoms with E-state index in [0.717, 1.165) is 17.7 Å². The Morgan fingerprint density at radius 1 is 1.44 bits per heavy atom. The van der Waals surface area contributed by atoms with Crippen molar-refractivity contribution in [2.75, 3.05) is 12.3 Å². The first-order valence-corrected chi connectivity index (χ1v) is 7.17. The largest absolute Gasteiger partial charge is 0.419 e. The van der Waals surface area contributed by atoms with Gasteiger partial charge in [0.05, 0.1) is 5.52 Å². The zero-order valence-electron chi connectivity index (χ0n) is 10.5. The van der Waals surface area contributed by atoms with Crippen molar-refractivity contribution in [3.05, 3.63) is 34.8 Å². The smallest absolute Gasteiger partial charge is 0.408 e. The van der Waals surface area contributed by atoms with Gasteiger partial charge in [0.1, 0.15) is 0 Å². The molecule has 1 atom stereocenters. The van der Waals surface area contributed by atoms with Gasteiger partial charge in [-0.3, -0.25) is 4.57 Å². The van der Waals surface area contributed by atoms with E-state index in [1.165, 1.54) is 0 Å². The van der Waals surface area contributed by atoms with Crippen LogP contribution in [0.3, 0.4) is 0 Å². The molecule has 0 aliphatic carbocycles. The summed E-state index contributed by atoms with van der Waals surface area (Å²) in [5.41, 5.74) is 7.04. The van der Waals surface area contributed by atoms with Crippen LogP contribution in [0, 0.1) is 0 Å². The molecule has 1 aromatic heterocycles. The van der Waals surface area contributed by atoms with Crippen LogP contribution in [-0.2, 0) is 6.54 Å². The van der Waals surface area contributed by atoms with Crippen LogP contribution < -0.4 is 11.5 Å². The van der Waals surface area contributed by atoms with Gasteiger partial charge in [-0.05, 0) is 25.1 Å². The quantitative estimate of drug-likeness (QED) is 0.869. The van der Waals surface area contributed by atoms with Crippen molar-refractivity contribution in [3.8, 4) is 0 Å². The molecule has 2 N–H and O–H groups in total. The van der Waals surface area contributed by atoms with E-state index >= 15 is 0 Å². The maximum atomic E-state index is 11.7. The van der Waals surface area contributed by atoms with Gasteiger partial charge in [0, 0.05) is 17.5 Å². The Balaban J connectivity index is 2.03. The van der Waals surface area contributed by atoms with Gasteiger partial charge < -0.3 is 10.2 Å². The molecule has 0 bridgehead atoms. The molecule has 0 fully saturated rings. The van der Waals surface area contributed by atoms with Crippen molar-refractivity contribution in [1.29, 1.82) is 0 Å². The van der Waals surface area contributed by atoms with Gasteiger partial charge in [0.2, 0.25) is 0 Å². The topological polar surface area (TPSA) is 61.2 Å². The molecular formula is C13H18N2O2S. The van der Waals surface area contributed by atoms with Crippen LogP contribution in [0.25, 0.3) is 11.1 Å². The van der Waals surface area contributed by atoms with Crippen LogP contribution in [0.5, 0.6) is 0 Å². The number of nitrogens with two attached hydrogens (primary N) is 1. The molecule has 5 heteroatoms. The van der Waals surface area contributed by atoms with E-state index in [1.807, 2.05) is 36.0 Å². The van der Waals surface area contributed by atoms with Crippen LogP contribution in [-0.4, -0.2) is 22.1 Å². The van der Waals surface area contributed by atoms with Gasteiger partial charge >= 0.3 is 5.76 Å². The van der Waals surface area contributed by atoms with Crippen molar-refractivity contribution in [2.24, 2.45) is 5.73 Å². The summed E-state index contributed by atoms with van der Waals surface area (Å²) in [7, 11) is 0. The van der Waals surface area contributed by atoms with Crippen molar-refractivity contribution < 1.29 is 4.42 Å². The van der Waals surface area contributed by atoms with Crippen LogP contribution in [0.2, 0.25) is 0 Å². The number of hydrogen-bond donors (Lipinski definition) is 1. The number of nitrogens with zero attached hydrogens (tertiary/aromatic N) is 1. The average molecular weight is 266 g/mol. The zero-order chi connectivity index (χ0) is 13.0. The molecule has 98 valence electrons. The Bertz CT molecular complexity index is 561. The maximum Gasteiger partial charge on any atom is 0.419 e. The third kappa shape index (κ3) is 2.97. The predicted octanol–water partition coefficient (Wildman–Crippen LogP) is 2.06. The average Bonchev–Trinajstić information content (AvgIpc) is 2.66. The number of rotatable bonds is 6. The summed E-state index contributed by atoms with van der Waals surface area (Å²) < 4.78 is 6.87. The Hall–Kier alpha value is -1.20. The fourth-order valence-corrected chi connectivity index (χ4v) is 2.88. The summed E-state index contributed by atoms with van der Waals surface area (Å²) in [4.78, 5) is 11.7. The highest BCUT2D eigenvalue weighted by Crippen LogP contribution is 2.16. The molecule has 0 saturated carbocycles. The normalized spacial score (nSPS) is 13.0. The van der Waals surface area contributed by atoms with E-state index in [9.17, 15) is 4.79 Å². The molecule has 1 aromatic carbocycles. The fourth-order valence-electron chi connectivity index (χ4n) is 1.89. The van der Waals surface area contributed by atoms with E-state index in [2.05, 4.69) is 6.92 Å². The minimum Gasteiger partial charge on any atom is -0.408 e. The minimum absolute atomic E-state index is 0.275. The van der Waals surface area contributed by atoms with Gasteiger partial charge in [0.25, 0.3) is 0 Å². The summed E-state index contributed by atoms with van der Waals surface area (Å²) in [6, 6.07) is 7.51. The second-order valence-corrected chi connectivity index (χ2v) is 5.79. The minimum atomic E-state index is -0.275. The fraction of sp³-hybridized carbons (Fsp3) is 0.462. The van der Waals surface area contributed by atoms with E-state index in [0.29, 0.717) is 23.9 Å². The van der Waals surface area contributed by atoms with Gasteiger partial charge in [-0.1, -0.05) is 19.1 Å². The van der Waals surface area contributed by atoms with Gasteiger partial charge in [-0.15, -0.1) is 0 Å². The Kier molecular flexibility index (Phi) is 4.49. The Morgan fingerprint density at radius 2 is 2.22 bits per heavy atom. The molecule has 0 aliphatic rings. The molecule has 0 spiro atoms. The number of hydrogen-bond acceptors (Lipinski definition) is 4. The van der Waals surface area contributed by atoms with Crippen molar-refractivity contribution in [3.63, 3.8) is 0 Å².